The quantitative estimate of drug-likeness (QED) is 0.196. The maximum atomic E-state index is 11.9. The Morgan fingerprint density at radius 3 is 2.00 bits per heavy atom. The van der Waals surface area contributed by atoms with E-state index in [0.29, 0.717) is 17.2 Å². The SMILES string of the molecule is C=C(COC)C(=O)OCCOc1ccc(-c2ccc(OC(=O)C(=C)COC)cc2)c(OC)c1. The molecule has 0 aromatic heterocycles. The molecule has 0 aliphatic carbocycles. The molecule has 0 bridgehead atoms. The highest BCUT2D eigenvalue weighted by atomic mass is 16.6. The van der Waals surface area contributed by atoms with Crippen molar-refractivity contribution in [3.8, 4) is 28.4 Å². The lowest BCUT2D eigenvalue weighted by atomic mass is 10.0. The predicted molar refractivity (Wildman–Crippen MR) is 123 cm³/mol. The van der Waals surface area contributed by atoms with Crippen LogP contribution in [0.15, 0.2) is 66.8 Å². The summed E-state index contributed by atoms with van der Waals surface area (Å²) in [5, 5.41) is 0. The minimum atomic E-state index is -0.544. The van der Waals surface area contributed by atoms with Crippen molar-refractivity contribution in [3.05, 3.63) is 66.8 Å². The molecule has 0 amide bonds. The normalized spacial score (nSPS) is 10.3. The molecule has 0 spiro atoms. The lowest BCUT2D eigenvalue weighted by molar-refractivity contribution is -0.140. The predicted octanol–water partition coefficient (Wildman–Crippen LogP) is 3.59. The minimum absolute atomic E-state index is 0.0720. The molecule has 0 aliphatic heterocycles. The molecule has 2 rings (SSSR count). The van der Waals surface area contributed by atoms with E-state index in [1.807, 2.05) is 18.2 Å². The van der Waals surface area contributed by atoms with E-state index < -0.39 is 11.9 Å². The first-order chi connectivity index (χ1) is 15.9. The first-order valence-electron chi connectivity index (χ1n) is 10.0. The van der Waals surface area contributed by atoms with Crippen molar-refractivity contribution in [2.24, 2.45) is 0 Å². The van der Waals surface area contributed by atoms with E-state index in [2.05, 4.69) is 13.2 Å². The molecule has 0 unspecified atom stereocenters. The summed E-state index contributed by atoms with van der Waals surface area (Å²) in [6.45, 7) is 7.67. The zero-order valence-corrected chi connectivity index (χ0v) is 19.1. The number of carbonyl (C=O) groups is 2. The van der Waals surface area contributed by atoms with Gasteiger partial charge in [0.15, 0.2) is 0 Å². The van der Waals surface area contributed by atoms with E-state index in [4.69, 9.17) is 28.4 Å². The molecule has 0 atom stereocenters. The van der Waals surface area contributed by atoms with Gasteiger partial charge in [0.1, 0.15) is 30.5 Å². The topological polar surface area (TPSA) is 89.5 Å². The van der Waals surface area contributed by atoms with Gasteiger partial charge in [0.25, 0.3) is 0 Å². The summed E-state index contributed by atoms with van der Waals surface area (Å²) >= 11 is 0. The van der Waals surface area contributed by atoms with E-state index in [0.717, 1.165) is 11.1 Å². The van der Waals surface area contributed by atoms with Gasteiger partial charge in [-0.1, -0.05) is 25.3 Å². The van der Waals surface area contributed by atoms with Crippen LogP contribution in [0.3, 0.4) is 0 Å². The van der Waals surface area contributed by atoms with Crippen LogP contribution in [0.25, 0.3) is 11.1 Å². The fourth-order valence-corrected chi connectivity index (χ4v) is 2.74. The van der Waals surface area contributed by atoms with Gasteiger partial charge in [0, 0.05) is 25.8 Å². The van der Waals surface area contributed by atoms with E-state index in [-0.39, 0.29) is 37.6 Å². The fraction of sp³-hybridized carbons (Fsp3) is 0.280. The molecule has 2 aromatic rings. The van der Waals surface area contributed by atoms with E-state index in [1.54, 1.807) is 31.4 Å². The van der Waals surface area contributed by atoms with Gasteiger partial charge in [0.2, 0.25) is 0 Å². The molecule has 0 saturated carbocycles. The second kappa shape index (κ2) is 13.0. The van der Waals surface area contributed by atoms with Crippen LogP contribution < -0.4 is 14.2 Å². The Morgan fingerprint density at radius 2 is 1.39 bits per heavy atom. The zero-order valence-electron chi connectivity index (χ0n) is 19.1. The molecule has 33 heavy (non-hydrogen) atoms. The number of ether oxygens (including phenoxy) is 6. The summed E-state index contributed by atoms with van der Waals surface area (Å²) in [5.74, 6) is 0.478. The van der Waals surface area contributed by atoms with Gasteiger partial charge in [-0.2, -0.15) is 0 Å². The van der Waals surface area contributed by atoms with E-state index >= 15 is 0 Å². The first-order valence-corrected chi connectivity index (χ1v) is 10.0. The van der Waals surface area contributed by atoms with Crippen molar-refractivity contribution in [1.82, 2.24) is 0 Å². The Balaban J connectivity index is 1.97. The van der Waals surface area contributed by atoms with Crippen molar-refractivity contribution >= 4 is 11.9 Å². The standard InChI is InChI=1S/C25H28O8/c1-17(15-28-3)24(26)32-13-12-31-21-10-11-22(23(14-21)30-5)19-6-8-20(9-7-19)33-25(27)18(2)16-29-4/h6-11,14H,1-2,12-13,15-16H2,3-5H3. The molecule has 8 nitrogen and oxygen atoms in total. The largest absolute Gasteiger partial charge is 0.496 e. The van der Waals surface area contributed by atoms with Gasteiger partial charge in [-0.25, -0.2) is 9.59 Å². The van der Waals surface area contributed by atoms with Crippen molar-refractivity contribution < 1.29 is 38.0 Å². The highest BCUT2D eigenvalue weighted by molar-refractivity contribution is 5.90. The molecule has 8 heteroatoms. The number of benzene rings is 2. The first kappa shape index (κ1) is 25.6. The second-order valence-electron chi connectivity index (χ2n) is 6.83. The molecule has 0 aliphatic rings. The Hall–Kier alpha value is -3.62. The fourth-order valence-electron chi connectivity index (χ4n) is 2.74. The lowest BCUT2D eigenvalue weighted by Gasteiger charge is -2.13. The van der Waals surface area contributed by atoms with Crippen LogP contribution in [0.4, 0.5) is 0 Å². The van der Waals surface area contributed by atoms with Crippen LogP contribution in [-0.4, -0.2) is 59.7 Å². The summed E-state index contributed by atoms with van der Waals surface area (Å²) in [6, 6.07) is 12.4. The third kappa shape index (κ3) is 7.78. The Labute approximate surface area is 193 Å². The van der Waals surface area contributed by atoms with Crippen LogP contribution in [-0.2, 0) is 23.8 Å². The number of hydrogen-bond acceptors (Lipinski definition) is 8. The molecular weight excluding hydrogens is 428 g/mol. The van der Waals surface area contributed by atoms with Crippen LogP contribution in [0, 0.1) is 0 Å². The van der Waals surface area contributed by atoms with E-state index in [9.17, 15) is 9.59 Å². The summed E-state index contributed by atoms with van der Waals surface area (Å²) < 4.78 is 31.2. The third-order valence-electron chi connectivity index (χ3n) is 4.35. The lowest BCUT2D eigenvalue weighted by Crippen LogP contribution is -2.15. The van der Waals surface area contributed by atoms with Gasteiger partial charge >= 0.3 is 11.9 Å². The van der Waals surface area contributed by atoms with Crippen molar-refractivity contribution in [2.45, 2.75) is 0 Å². The number of hydrogen-bond donors (Lipinski definition) is 0. The number of rotatable bonds is 13. The van der Waals surface area contributed by atoms with Crippen molar-refractivity contribution in [2.75, 3.05) is 47.8 Å². The van der Waals surface area contributed by atoms with Crippen LogP contribution in [0.1, 0.15) is 0 Å². The van der Waals surface area contributed by atoms with Crippen LogP contribution in [0.2, 0.25) is 0 Å². The van der Waals surface area contributed by atoms with Gasteiger partial charge in [-0.3, -0.25) is 0 Å². The second-order valence-corrected chi connectivity index (χ2v) is 6.83. The average Bonchev–Trinajstić information content (AvgIpc) is 2.82. The molecule has 0 heterocycles. The molecule has 0 fully saturated rings. The van der Waals surface area contributed by atoms with Crippen LogP contribution in [0.5, 0.6) is 17.2 Å². The maximum absolute atomic E-state index is 11.9. The molecule has 0 N–H and O–H groups in total. The van der Waals surface area contributed by atoms with Gasteiger partial charge in [-0.15, -0.1) is 0 Å². The summed E-state index contributed by atoms with van der Waals surface area (Å²) in [4.78, 5) is 23.6. The highest BCUT2D eigenvalue weighted by Crippen LogP contribution is 2.34. The molecule has 0 saturated heterocycles. The van der Waals surface area contributed by atoms with Crippen molar-refractivity contribution in [3.63, 3.8) is 0 Å². The Kier molecular flexibility index (Phi) is 10.1. The summed E-state index contributed by atoms with van der Waals surface area (Å²) in [7, 11) is 4.51. The van der Waals surface area contributed by atoms with Gasteiger partial charge in [0.05, 0.1) is 31.5 Å². The molecule has 0 radical (unpaired) electrons. The summed E-state index contributed by atoms with van der Waals surface area (Å²) in [5.41, 5.74) is 2.16. The molecule has 176 valence electrons. The molecular formula is C25H28O8. The average molecular weight is 456 g/mol. The van der Waals surface area contributed by atoms with Crippen LogP contribution >= 0.6 is 0 Å². The van der Waals surface area contributed by atoms with Gasteiger partial charge in [-0.05, 0) is 29.8 Å². The smallest absolute Gasteiger partial charge is 0.341 e. The zero-order chi connectivity index (χ0) is 24.2. The van der Waals surface area contributed by atoms with Gasteiger partial charge < -0.3 is 28.4 Å². The van der Waals surface area contributed by atoms with E-state index in [1.165, 1.54) is 14.2 Å². The highest BCUT2D eigenvalue weighted by Gasteiger charge is 2.12. The minimum Gasteiger partial charge on any atom is -0.496 e. The maximum Gasteiger partial charge on any atom is 0.341 e. The monoisotopic (exact) mass is 456 g/mol. The number of esters is 2. The number of methoxy groups -OCH3 is 3. The Morgan fingerprint density at radius 1 is 0.788 bits per heavy atom. The van der Waals surface area contributed by atoms with Crippen molar-refractivity contribution in [1.29, 1.82) is 0 Å². The summed E-state index contributed by atoms with van der Waals surface area (Å²) in [6.07, 6.45) is 0. The third-order valence-corrected chi connectivity index (χ3v) is 4.35. The molecule has 2 aromatic carbocycles. The number of carbonyl (C=O) groups excluding carboxylic acids is 2. The Bertz CT molecular complexity index is 978.